The van der Waals surface area contributed by atoms with Crippen LogP contribution in [0.1, 0.15) is 27.2 Å². The molecule has 0 aliphatic heterocycles. The minimum absolute atomic E-state index is 0.0257. The molecule has 102 valence electrons. The summed E-state index contributed by atoms with van der Waals surface area (Å²) in [4.78, 5) is 11.4. The molecule has 5 heteroatoms. The van der Waals surface area contributed by atoms with Gasteiger partial charge in [0.05, 0.1) is 19.8 Å². The largest absolute Gasteiger partial charge is 0.382 e. The number of hydrogen-bond donors (Lipinski definition) is 2. The maximum Gasteiger partial charge on any atom is 0.234 e. The van der Waals surface area contributed by atoms with Crippen LogP contribution < -0.4 is 10.6 Å². The summed E-state index contributed by atoms with van der Waals surface area (Å²) in [5.41, 5.74) is -0.165. The second-order valence-electron chi connectivity index (χ2n) is 4.93. The first kappa shape index (κ1) is 16.4. The van der Waals surface area contributed by atoms with Gasteiger partial charge in [0.25, 0.3) is 0 Å². The molecule has 0 atom stereocenters. The highest BCUT2D eigenvalue weighted by Gasteiger charge is 2.12. The van der Waals surface area contributed by atoms with Crippen molar-refractivity contribution < 1.29 is 14.3 Å². The van der Waals surface area contributed by atoms with E-state index in [0.29, 0.717) is 26.4 Å². The van der Waals surface area contributed by atoms with E-state index >= 15 is 0 Å². The number of carbonyl (C=O) groups excluding carboxylic acids is 1. The van der Waals surface area contributed by atoms with Crippen LogP contribution in [-0.2, 0) is 14.3 Å². The molecule has 0 bridgehead atoms. The molecule has 5 nitrogen and oxygen atoms in total. The van der Waals surface area contributed by atoms with Gasteiger partial charge in [-0.3, -0.25) is 4.79 Å². The summed E-state index contributed by atoms with van der Waals surface area (Å²) in [6.45, 7) is 8.98. The van der Waals surface area contributed by atoms with Gasteiger partial charge in [-0.25, -0.2) is 0 Å². The van der Waals surface area contributed by atoms with Crippen molar-refractivity contribution >= 4 is 5.91 Å². The number of hydrogen-bond acceptors (Lipinski definition) is 4. The van der Waals surface area contributed by atoms with E-state index in [9.17, 15) is 4.79 Å². The van der Waals surface area contributed by atoms with E-state index in [0.717, 1.165) is 13.0 Å². The Morgan fingerprint density at radius 2 is 1.88 bits per heavy atom. The lowest BCUT2D eigenvalue weighted by Gasteiger charge is -2.20. The van der Waals surface area contributed by atoms with Gasteiger partial charge >= 0.3 is 0 Å². The number of nitrogens with one attached hydrogen (secondary N) is 2. The second-order valence-corrected chi connectivity index (χ2v) is 4.93. The highest BCUT2D eigenvalue weighted by atomic mass is 16.5. The Labute approximate surface area is 104 Å². The van der Waals surface area contributed by atoms with Crippen molar-refractivity contribution in [3.05, 3.63) is 0 Å². The lowest BCUT2D eigenvalue weighted by atomic mass is 10.1. The Hall–Kier alpha value is -0.650. The minimum atomic E-state index is -0.165. The highest BCUT2D eigenvalue weighted by Crippen LogP contribution is 1.97. The fraction of sp³-hybridized carbons (Fsp3) is 0.917. The van der Waals surface area contributed by atoms with Crippen LogP contribution in [0.2, 0.25) is 0 Å². The molecule has 0 saturated carbocycles. The third-order valence-corrected chi connectivity index (χ3v) is 1.87. The normalized spacial score (nSPS) is 11.5. The summed E-state index contributed by atoms with van der Waals surface area (Å²) in [6, 6.07) is 0. The van der Waals surface area contributed by atoms with E-state index in [2.05, 4.69) is 10.6 Å². The van der Waals surface area contributed by atoms with Crippen molar-refractivity contribution in [2.24, 2.45) is 0 Å². The van der Waals surface area contributed by atoms with Crippen molar-refractivity contribution in [2.75, 3.05) is 40.0 Å². The summed E-state index contributed by atoms with van der Waals surface area (Å²) >= 11 is 0. The predicted octanol–water partition coefficient (Wildman–Crippen LogP) is 0.544. The Kier molecular flexibility index (Phi) is 9.03. The molecule has 1 amide bonds. The summed E-state index contributed by atoms with van der Waals surface area (Å²) in [5, 5.41) is 5.96. The van der Waals surface area contributed by atoms with E-state index in [1.54, 1.807) is 7.11 Å². The van der Waals surface area contributed by atoms with Crippen LogP contribution in [0.5, 0.6) is 0 Å². The fourth-order valence-corrected chi connectivity index (χ4v) is 1.21. The van der Waals surface area contributed by atoms with Gasteiger partial charge in [0.2, 0.25) is 5.91 Å². The van der Waals surface area contributed by atoms with Crippen LogP contribution in [0.25, 0.3) is 0 Å². The second kappa shape index (κ2) is 9.39. The van der Waals surface area contributed by atoms with Crippen molar-refractivity contribution in [2.45, 2.75) is 32.7 Å². The average molecular weight is 246 g/mol. The van der Waals surface area contributed by atoms with Gasteiger partial charge in [-0.05, 0) is 33.7 Å². The summed E-state index contributed by atoms with van der Waals surface area (Å²) in [5.74, 6) is 0.0257. The molecule has 0 saturated heterocycles. The Morgan fingerprint density at radius 1 is 1.18 bits per heavy atom. The Bertz CT molecular complexity index is 202. The molecule has 0 radical (unpaired) electrons. The molecule has 0 aromatic rings. The number of methoxy groups -OCH3 is 1. The maximum atomic E-state index is 11.4. The van der Waals surface area contributed by atoms with Gasteiger partial charge in [-0.2, -0.15) is 0 Å². The lowest BCUT2D eigenvalue weighted by Crippen LogP contribution is -2.45. The first-order valence-electron chi connectivity index (χ1n) is 6.04. The monoisotopic (exact) mass is 246 g/mol. The summed E-state index contributed by atoms with van der Waals surface area (Å²) < 4.78 is 10.1. The molecule has 0 rings (SSSR count). The molecule has 0 aromatic heterocycles. The number of rotatable bonds is 9. The van der Waals surface area contributed by atoms with Gasteiger partial charge in [0.15, 0.2) is 0 Å². The van der Waals surface area contributed by atoms with Crippen LogP contribution in [0.4, 0.5) is 0 Å². The number of carbonyl (C=O) groups is 1. The van der Waals surface area contributed by atoms with E-state index in [-0.39, 0.29) is 11.4 Å². The predicted molar refractivity (Wildman–Crippen MR) is 68.1 cm³/mol. The van der Waals surface area contributed by atoms with Crippen molar-refractivity contribution in [1.29, 1.82) is 0 Å². The van der Waals surface area contributed by atoms with Crippen LogP contribution in [-0.4, -0.2) is 51.5 Å². The molecule has 0 heterocycles. The molecule has 0 spiro atoms. The molecule has 0 unspecified atom stereocenters. The van der Waals surface area contributed by atoms with E-state index < -0.39 is 0 Å². The average Bonchev–Trinajstić information content (AvgIpc) is 2.19. The SMILES string of the molecule is COCCOCCCNCC(=O)NC(C)(C)C. The Morgan fingerprint density at radius 3 is 2.47 bits per heavy atom. The first-order chi connectivity index (χ1) is 7.95. The summed E-state index contributed by atoms with van der Waals surface area (Å²) in [6.07, 6.45) is 0.895. The fourth-order valence-electron chi connectivity index (χ4n) is 1.21. The molecule has 0 aliphatic carbocycles. The van der Waals surface area contributed by atoms with E-state index in [1.165, 1.54) is 0 Å². The molecule has 17 heavy (non-hydrogen) atoms. The van der Waals surface area contributed by atoms with Gasteiger partial charge in [-0.15, -0.1) is 0 Å². The molecular formula is C12H26N2O3. The molecule has 2 N–H and O–H groups in total. The highest BCUT2D eigenvalue weighted by molar-refractivity contribution is 5.78. The van der Waals surface area contributed by atoms with E-state index in [1.807, 2.05) is 20.8 Å². The minimum Gasteiger partial charge on any atom is -0.382 e. The zero-order valence-corrected chi connectivity index (χ0v) is 11.5. The quantitative estimate of drug-likeness (QED) is 0.583. The van der Waals surface area contributed by atoms with Crippen molar-refractivity contribution in [3.8, 4) is 0 Å². The standard InChI is InChI=1S/C12H26N2O3/c1-12(2,3)14-11(15)10-13-6-5-7-17-9-8-16-4/h13H,5-10H2,1-4H3,(H,14,15). The molecule has 0 aromatic carbocycles. The van der Waals surface area contributed by atoms with Gasteiger partial charge < -0.3 is 20.1 Å². The van der Waals surface area contributed by atoms with Gasteiger partial charge in [0, 0.05) is 19.3 Å². The van der Waals surface area contributed by atoms with Crippen LogP contribution in [0, 0.1) is 0 Å². The zero-order chi connectivity index (χ0) is 13.1. The van der Waals surface area contributed by atoms with Crippen LogP contribution >= 0.6 is 0 Å². The zero-order valence-electron chi connectivity index (χ0n) is 11.5. The Balaban J connectivity index is 3.25. The van der Waals surface area contributed by atoms with Gasteiger partial charge in [0.1, 0.15) is 0 Å². The maximum absolute atomic E-state index is 11.4. The van der Waals surface area contributed by atoms with E-state index in [4.69, 9.17) is 9.47 Å². The molecule has 0 aliphatic rings. The van der Waals surface area contributed by atoms with Crippen LogP contribution in [0.3, 0.4) is 0 Å². The topological polar surface area (TPSA) is 59.6 Å². The molecule has 0 fully saturated rings. The number of amides is 1. The number of ether oxygens (including phenoxy) is 2. The lowest BCUT2D eigenvalue weighted by molar-refractivity contribution is -0.121. The van der Waals surface area contributed by atoms with Crippen molar-refractivity contribution in [3.63, 3.8) is 0 Å². The van der Waals surface area contributed by atoms with Crippen molar-refractivity contribution in [1.82, 2.24) is 10.6 Å². The first-order valence-corrected chi connectivity index (χ1v) is 6.04. The summed E-state index contributed by atoms with van der Waals surface area (Å²) in [7, 11) is 1.65. The molecular weight excluding hydrogens is 220 g/mol. The van der Waals surface area contributed by atoms with Gasteiger partial charge in [-0.1, -0.05) is 0 Å². The smallest absolute Gasteiger partial charge is 0.234 e. The third-order valence-electron chi connectivity index (χ3n) is 1.87. The van der Waals surface area contributed by atoms with Crippen LogP contribution in [0.15, 0.2) is 0 Å². The third kappa shape index (κ3) is 13.3.